The SMILES string of the molecule is CCNC1CCN(c2cccc(I)c2)CC1C. The lowest BCUT2D eigenvalue weighted by atomic mass is 9.93. The lowest BCUT2D eigenvalue weighted by Gasteiger charge is -2.38. The lowest BCUT2D eigenvalue weighted by Crippen LogP contribution is -2.48. The van der Waals surface area contributed by atoms with Gasteiger partial charge in [-0.05, 0) is 59.7 Å². The predicted molar refractivity (Wildman–Crippen MR) is 82.6 cm³/mol. The third-order valence-corrected chi connectivity index (χ3v) is 4.22. The summed E-state index contributed by atoms with van der Waals surface area (Å²) >= 11 is 2.39. The zero-order chi connectivity index (χ0) is 12.3. The number of halogens is 1. The number of piperidine rings is 1. The number of anilines is 1. The molecule has 2 nitrogen and oxygen atoms in total. The number of nitrogens with zero attached hydrogens (tertiary/aromatic N) is 1. The van der Waals surface area contributed by atoms with Crippen LogP contribution in [0.15, 0.2) is 24.3 Å². The first-order chi connectivity index (χ1) is 8.20. The second-order valence-corrected chi connectivity index (χ2v) is 6.10. The highest BCUT2D eigenvalue weighted by Gasteiger charge is 2.25. The summed E-state index contributed by atoms with van der Waals surface area (Å²) in [4.78, 5) is 2.51. The Labute approximate surface area is 118 Å². The van der Waals surface area contributed by atoms with Crippen molar-refractivity contribution in [1.29, 1.82) is 0 Å². The van der Waals surface area contributed by atoms with E-state index in [1.165, 1.54) is 22.2 Å². The van der Waals surface area contributed by atoms with Crippen molar-refractivity contribution in [2.45, 2.75) is 26.3 Å². The van der Waals surface area contributed by atoms with Gasteiger partial charge in [-0.25, -0.2) is 0 Å². The third kappa shape index (κ3) is 3.35. The van der Waals surface area contributed by atoms with Crippen molar-refractivity contribution in [3.63, 3.8) is 0 Å². The van der Waals surface area contributed by atoms with Crippen LogP contribution in [-0.4, -0.2) is 25.7 Å². The van der Waals surface area contributed by atoms with E-state index in [-0.39, 0.29) is 0 Å². The molecule has 0 saturated carbocycles. The quantitative estimate of drug-likeness (QED) is 0.848. The Hall–Kier alpha value is -0.290. The smallest absolute Gasteiger partial charge is 0.0376 e. The molecule has 94 valence electrons. The van der Waals surface area contributed by atoms with Crippen LogP contribution in [0, 0.1) is 9.49 Å². The van der Waals surface area contributed by atoms with E-state index >= 15 is 0 Å². The van der Waals surface area contributed by atoms with Crippen molar-refractivity contribution >= 4 is 28.3 Å². The summed E-state index contributed by atoms with van der Waals surface area (Å²) < 4.78 is 1.32. The summed E-state index contributed by atoms with van der Waals surface area (Å²) in [5.41, 5.74) is 1.37. The van der Waals surface area contributed by atoms with Crippen molar-refractivity contribution in [3.8, 4) is 0 Å². The lowest BCUT2D eigenvalue weighted by molar-refractivity contribution is 0.327. The summed E-state index contributed by atoms with van der Waals surface area (Å²) in [7, 11) is 0. The Morgan fingerprint density at radius 2 is 2.29 bits per heavy atom. The van der Waals surface area contributed by atoms with E-state index in [1.807, 2.05) is 0 Å². The Bertz CT molecular complexity index is 367. The van der Waals surface area contributed by atoms with Gasteiger partial charge in [0.15, 0.2) is 0 Å². The van der Waals surface area contributed by atoms with Gasteiger partial charge in [0.1, 0.15) is 0 Å². The van der Waals surface area contributed by atoms with Crippen LogP contribution in [0.3, 0.4) is 0 Å². The van der Waals surface area contributed by atoms with Gasteiger partial charge >= 0.3 is 0 Å². The van der Waals surface area contributed by atoms with Gasteiger partial charge in [0.25, 0.3) is 0 Å². The minimum atomic E-state index is 0.694. The molecular weight excluding hydrogens is 323 g/mol. The summed E-state index contributed by atoms with van der Waals surface area (Å²) in [6, 6.07) is 9.50. The van der Waals surface area contributed by atoms with Crippen molar-refractivity contribution < 1.29 is 0 Å². The molecule has 0 aromatic heterocycles. The minimum Gasteiger partial charge on any atom is -0.371 e. The molecule has 1 aromatic rings. The zero-order valence-corrected chi connectivity index (χ0v) is 12.8. The van der Waals surface area contributed by atoms with Crippen molar-refractivity contribution in [1.82, 2.24) is 5.32 Å². The van der Waals surface area contributed by atoms with Gasteiger partial charge in [0.2, 0.25) is 0 Å². The van der Waals surface area contributed by atoms with Gasteiger partial charge in [-0.3, -0.25) is 0 Å². The van der Waals surface area contributed by atoms with E-state index in [0.29, 0.717) is 6.04 Å². The molecule has 1 aliphatic rings. The second kappa shape index (κ2) is 6.05. The molecule has 0 spiro atoms. The van der Waals surface area contributed by atoms with Gasteiger partial charge in [-0.1, -0.05) is 19.9 Å². The summed E-state index contributed by atoms with van der Waals surface area (Å²) in [5, 5.41) is 3.59. The monoisotopic (exact) mass is 344 g/mol. The summed E-state index contributed by atoms with van der Waals surface area (Å²) in [6.45, 7) is 7.96. The van der Waals surface area contributed by atoms with E-state index in [9.17, 15) is 0 Å². The molecule has 17 heavy (non-hydrogen) atoms. The highest BCUT2D eigenvalue weighted by molar-refractivity contribution is 14.1. The highest BCUT2D eigenvalue weighted by atomic mass is 127. The molecule has 2 atom stereocenters. The third-order valence-electron chi connectivity index (χ3n) is 3.54. The van der Waals surface area contributed by atoms with Crippen LogP contribution in [0.5, 0.6) is 0 Å². The van der Waals surface area contributed by atoms with Crippen LogP contribution < -0.4 is 10.2 Å². The highest BCUT2D eigenvalue weighted by Crippen LogP contribution is 2.24. The largest absolute Gasteiger partial charge is 0.371 e. The average Bonchev–Trinajstić information content (AvgIpc) is 2.32. The topological polar surface area (TPSA) is 15.3 Å². The van der Waals surface area contributed by atoms with E-state index in [4.69, 9.17) is 0 Å². The van der Waals surface area contributed by atoms with Gasteiger partial charge in [-0.15, -0.1) is 0 Å². The molecule has 3 heteroatoms. The summed E-state index contributed by atoms with van der Waals surface area (Å²) in [5.74, 6) is 0.724. The molecule has 0 aliphatic carbocycles. The van der Waals surface area contributed by atoms with E-state index in [2.05, 4.69) is 70.9 Å². The van der Waals surface area contributed by atoms with Crippen LogP contribution in [0.2, 0.25) is 0 Å². The molecule has 0 amide bonds. The van der Waals surface area contributed by atoms with Crippen LogP contribution in [0.4, 0.5) is 5.69 Å². The van der Waals surface area contributed by atoms with Gasteiger partial charge < -0.3 is 10.2 Å². The fraction of sp³-hybridized carbons (Fsp3) is 0.571. The predicted octanol–water partition coefficient (Wildman–Crippen LogP) is 3.12. The number of hydrogen-bond donors (Lipinski definition) is 1. The van der Waals surface area contributed by atoms with Crippen molar-refractivity contribution in [2.75, 3.05) is 24.5 Å². The number of benzene rings is 1. The first-order valence-electron chi connectivity index (χ1n) is 6.44. The average molecular weight is 344 g/mol. The second-order valence-electron chi connectivity index (χ2n) is 4.86. The maximum Gasteiger partial charge on any atom is 0.0376 e. The first-order valence-corrected chi connectivity index (χ1v) is 7.52. The Morgan fingerprint density at radius 1 is 1.47 bits per heavy atom. The molecule has 1 aliphatic heterocycles. The molecule has 2 unspecified atom stereocenters. The zero-order valence-electron chi connectivity index (χ0n) is 10.6. The Kier molecular flexibility index (Phi) is 4.68. The minimum absolute atomic E-state index is 0.694. The maximum atomic E-state index is 3.59. The molecule has 1 aromatic carbocycles. The number of nitrogens with one attached hydrogen (secondary N) is 1. The summed E-state index contributed by atoms with van der Waals surface area (Å²) in [6.07, 6.45) is 1.25. The number of rotatable bonds is 3. The first kappa shape index (κ1) is 13.1. The molecular formula is C14H21IN2. The standard InChI is InChI=1S/C14H21IN2/c1-3-16-14-7-8-17(10-11(14)2)13-6-4-5-12(15)9-13/h4-6,9,11,14,16H,3,7-8,10H2,1-2H3. The Balaban J connectivity index is 2.01. The van der Waals surface area contributed by atoms with Crippen LogP contribution in [0.25, 0.3) is 0 Å². The van der Waals surface area contributed by atoms with Crippen molar-refractivity contribution in [2.24, 2.45) is 5.92 Å². The van der Waals surface area contributed by atoms with Crippen LogP contribution in [-0.2, 0) is 0 Å². The van der Waals surface area contributed by atoms with E-state index in [0.717, 1.165) is 19.0 Å². The fourth-order valence-corrected chi connectivity index (χ4v) is 3.15. The molecule has 2 rings (SSSR count). The van der Waals surface area contributed by atoms with Crippen LogP contribution in [0.1, 0.15) is 20.3 Å². The molecule has 1 saturated heterocycles. The Morgan fingerprint density at radius 3 is 2.94 bits per heavy atom. The van der Waals surface area contributed by atoms with Crippen molar-refractivity contribution in [3.05, 3.63) is 27.8 Å². The molecule has 1 heterocycles. The van der Waals surface area contributed by atoms with Gasteiger partial charge in [0.05, 0.1) is 0 Å². The molecule has 1 fully saturated rings. The van der Waals surface area contributed by atoms with Gasteiger partial charge in [0, 0.05) is 28.4 Å². The van der Waals surface area contributed by atoms with E-state index < -0.39 is 0 Å². The fourth-order valence-electron chi connectivity index (χ4n) is 2.62. The van der Waals surface area contributed by atoms with Crippen LogP contribution >= 0.6 is 22.6 Å². The van der Waals surface area contributed by atoms with E-state index in [1.54, 1.807) is 0 Å². The van der Waals surface area contributed by atoms with Gasteiger partial charge in [-0.2, -0.15) is 0 Å². The molecule has 0 radical (unpaired) electrons. The maximum absolute atomic E-state index is 3.59. The molecule has 1 N–H and O–H groups in total. The normalized spacial score (nSPS) is 25.0. The number of hydrogen-bond acceptors (Lipinski definition) is 2. The molecule has 0 bridgehead atoms.